The Hall–Kier alpha value is -3.02. The third kappa shape index (κ3) is 3.03. The molecule has 4 rings (SSSR count). The van der Waals surface area contributed by atoms with Crippen molar-refractivity contribution in [3.8, 4) is 17.3 Å². The van der Waals surface area contributed by atoms with Crippen LogP contribution in [0, 0.1) is 5.82 Å². The topological polar surface area (TPSA) is 59.9 Å². The fourth-order valence-corrected chi connectivity index (χ4v) is 3.02. The number of halogens is 1. The molecule has 0 aliphatic heterocycles. The van der Waals surface area contributed by atoms with Crippen molar-refractivity contribution in [2.75, 3.05) is 12.4 Å². The summed E-state index contributed by atoms with van der Waals surface area (Å²) < 4.78 is 18.7. The second-order valence-corrected chi connectivity index (χ2v) is 5.86. The third-order valence-electron chi connectivity index (χ3n) is 4.24. The van der Waals surface area contributed by atoms with E-state index in [0.717, 1.165) is 47.7 Å². The van der Waals surface area contributed by atoms with Gasteiger partial charge in [0.05, 0.1) is 7.11 Å². The van der Waals surface area contributed by atoms with Crippen LogP contribution < -0.4 is 10.1 Å². The Labute approximate surface area is 144 Å². The highest BCUT2D eigenvalue weighted by atomic mass is 19.1. The quantitative estimate of drug-likeness (QED) is 0.782. The van der Waals surface area contributed by atoms with Crippen molar-refractivity contribution in [1.82, 2.24) is 15.0 Å². The number of hydrogen-bond donors (Lipinski definition) is 1. The van der Waals surface area contributed by atoms with Gasteiger partial charge in [-0.2, -0.15) is 0 Å². The molecule has 3 aromatic rings. The van der Waals surface area contributed by atoms with Crippen LogP contribution in [0.2, 0.25) is 0 Å². The van der Waals surface area contributed by atoms with Gasteiger partial charge in [-0.05, 0) is 43.5 Å². The van der Waals surface area contributed by atoms with Gasteiger partial charge < -0.3 is 10.1 Å². The number of anilines is 2. The number of aryl methyl sites for hydroxylation is 1. The molecule has 0 fully saturated rings. The zero-order valence-electron chi connectivity index (χ0n) is 13.8. The summed E-state index contributed by atoms with van der Waals surface area (Å²) in [5, 5.41) is 3.29. The molecule has 0 spiro atoms. The minimum Gasteiger partial charge on any atom is -0.494 e. The summed E-state index contributed by atoms with van der Waals surface area (Å²) in [6.45, 7) is 0. The maximum Gasteiger partial charge on any atom is 0.180 e. The summed E-state index contributed by atoms with van der Waals surface area (Å²) in [6.07, 6.45) is 4.64. The second-order valence-electron chi connectivity index (χ2n) is 5.86. The predicted octanol–water partition coefficient (Wildman–Crippen LogP) is 3.92. The molecule has 1 N–H and O–H groups in total. The van der Waals surface area contributed by atoms with Crippen LogP contribution in [-0.2, 0) is 12.8 Å². The monoisotopic (exact) mass is 336 g/mol. The first-order valence-electron chi connectivity index (χ1n) is 8.16. The molecule has 0 unspecified atom stereocenters. The summed E-state index contributed by atoms with van der Waals surface area (Å²) in [6, 6.07) is 10.3. The van der Waals surface area contributed by atoms with E-state index in [9.17, 15) is 4.39 Å². The number of fused-ring (bicyclic) bond motifs is 1. The summed E-state index contributed by atoms with van der Waals surface area (Å²) in [4.78, 5) is 13.7. The molecule has 6 heteroatoms. The maximum absolute atomic E-state index is 13.6. The molecule has 0 bridgehead atoms. The number of ether oxygens (including phenoxy) is 1. The maximum atomic E-state index is 13.6. The first kappa shape index (κ1) is 15.5. The first-order valence-corrected chi connectivity index (χ1v) is 8.16. The van der Waals surface area contributed by atoms with Gasteiger partial charge in [0.25, 0.3) is 0 Å². The van der Waals surface area contributed by atoms with E-state index in [0.29, 0.717) is 5.82 Å². The molecule has 0 amide bonds. The number of methoxy groups -OCH3 is 1. The van der Waals surface area contributed by atoms with Crippen LogP contribution in [0.15, 0.2) is 42.6 Å². The van der Waals surface area contributed by atoms with Gasteiger partial charge in [0.1, 0.15) is 11.5 Å². The highest BCUT2D eigenvalue weighted by Gasteiger charge is 2.20. The van der Waals surface area contributed by atoms with E-state index in [1.54, 1.807) is 18.3 Å². The van der Waals surface area contributed by atoms with Crippen molar-refractivity contribution in [3.05, 3.63) is 59.7 Å². The molecule has 2 aromatic heterocycles. The number of rotatable bonds is 4. The Morgan fingerprint density at radius 1 is 1.12 bits per heavy atom. The summed E-state index contributed by atoms with van der Waals surface area (Å²) in [5.74, 6) is 1.14. The normalized spacial score (nSPS) is 12.7. The Morgan fingerprint density at radius 2 is 2.04 bits per heavy atom. The van der Waals surface area contributed by atoms with Gasteiger partial charge in [-0.1, -0.05) is 6.07 Å². The Balaban J connectivity index is 1.75. The number of aromatic nitrogens is 3. The second kappa shape index (κ2) is 6.47. The number of pyridine rings is 1. The Morgan fingerprint density at radius 3 is 2.84 bits per heavy atom. The lowest BCUT2D eigenvalue weighted by Gasteiger charge is -2.13. The van der Waals surface area contributed by atoms with Crippen LogP contribution >= 0.6 is 0 Å². The average molecular weight is 336 g/mol. The van der Waals surface area contributed by atoms with E-state index < -0.39 is 5.82 Å². The lowest BCUT2D eigenvalue weighted by atomic mass is 10.2. The van der Waals surface area contributed by atoms with E-state index >= 15 is 0 Å². The van der Waals surface area contributed by atoms with E-state index in [1.807, 2.05) is 18.2 Å². The standard InChI is InChI=1S/C19H17FN4O/c1-25-17-11-12(8-9-14(17)20)22-18-13-5-4-7-15(13)23-19(24-18)16-6-2-3-10-21-16/h2-3,6,8-11H,4-5,7H2,1H3,(H,22,23,24). The smallest absolute Gasteiger partial charge is 0.180 e. The van der Waals surface area contributed by atoms with Crippen LogP contribution in [0.4, 0.5) is 15.9 Å². The van der Waals surface area contributed by atoms with Crippen LogP contribution in [0.3, 0.4) is 0 Å². The van der Waals surface area contributed by atoms with Gasteiger partial charge in [0.15, 0.2) is 17.4 Å². The molecule has 5 nitrogen and oxygen atoms in total. The van der Waals surface area contributed by atoms with E-state index in [2.05, 4.69) is 20.3 Å². The van der Waals surface area contributed by atoms with Crippen molar-refractivity contribution in [3.63, 3.8) is 0 Å². The van der Waals surface area contributed by atoms with Gasteiger partial charge in [-0.25, -0.2) is 14.4 Å². The molecule has 0 saturated heterocycles. The van der Waals surface area contributed by atoms with Crippen LogP contribution in [0.25, 0.3) is 11.5 Å². The Kier molecular flexibility index (Phi) is 4.01. The molecule has 1 aliphatic rings. The molecule has 1 aliphatic carbocycles. The average Bonchev–Trinajstić information content (AvgIpc) is 3.13. The van der Waals surface area contributed by atoms with E-state index in [1.165, 1.54) is 13.2 Å². The number of hydrogen-bond acceptors (Lipinski definition) is 5. The van der Waals surface area contributed by atoms with Crippen molar-refractivity contribution in [1.29, 1.82) is 0 Å². The highest BCUT2D eigenvalue weighted by molar-refractivity contribution is 5.65. The predicted molar refractivity (Wildman–Crippen MR) is 93.5 cm³/mol. The first-order chi connectivity index (χ1) is 12.2. The van der Waals surface area contributed by atoms with Gasteiger partial charge in [0, 0.05) is 29.2 Å². The minimum absolute atomic E-state index is 0.195. The minimum atomic E-state index is -0.393. The summed E-state index contributed by atoms with van der Waals surface area (Å²) >= 11 is 0. The summed E-state index contributed by atoms with van der Waals surface area (Å²) in [7, 11) is 1.45. The number of benzene rings is 1. The SMILES string of the molecule is COc1cc(Nc2nc(-c3ccccn3)nc3c2CCC3)ccc1F. The lowest BCUT2D eigenvalue weighted by molar-refractivity contribution is 0.387. The lowest BCUT2D eigenvalue weighted by Crippen LogP contribution is -2.04. The molecule has 0 saturated carbocycles. The molecule has 0 atom stereocenters. The highest BCUT2D eigenvalue weighted by Crippen LogP contribution is 2.31. The van der Waals surface area contributed by atoms with Gasteiger partial charge in [0.2, 0.25) is 0 Å². The van der Waals surface area contributed by atoms with Gasteiger partial charge >= 0.3 is 0 Å². The number of nitrogens with zero attached hydrogens (tertiary/aromatic N) is 3. The Bertz CT molecular complexity index is 915. The molecule has 2 heterocycles. The van der Waals surface area contributed by atoms with Crippen LogP contribution in [-0.4, -0.2) is 22.1 Å². The van der Waals surface area contributed by atoms with Crippen molar-refractivity contribution in [2.45, 2.75) is 19.3 Å². The van der Waals surface area contributed by atoms with Crippen LogP contribution in [0.5, 0.6) is 5.75 Å². The fraction of sp³-hybridized carbons (Fsp3) is 0.211. The van der Waals surface area contributed by atoms with Gasteiger partial charge in [-0.15, -0.1) is 0 Å². The summed E-state index contributed by atoms with van der Waals surface area (Å²) in [5.41, 5.74) is 3.62. The molecule has 0 radical (unpaired) electrons. The molecule has 126 valence electrons. The molecular formula is C19H17FN4O. The van der Waals surface area contributed by atoms with Gasteiger partial charge in [-0.3, -0.25) is 4.98 Å². The molecule has 1 aromatic carbocycles. The molecular weight excluding hydrogens is 319 g/mol. The van der Waals surface area contributed by atoms with E-state index in [-0.39, 0.29) is 5.75 Å². The van der Waals surface area contributed by atoms with E-state index in [4.69, 9.17) is 4.74 Å². The number of nitrogens with one attached hydrogen (secondary N) is 1. The zero-order chi connectivity index (χ0) is 17.2. The largest absolute Gasteiger partial charge is 0.494 e. The van der Waals surface area contributed by atoms with Crippen molar-refractivity contribution < 1.29 is 9.13 Å². The van der Waals surface area contributed by atoms with Crippen molar-refractivity contribution >= 4 is 11.5 Å². The zero-order valence-corrected chi connectivity index (χ0v) is 13.8. The molecule has 25 heavy (non-hydrogen) atoms. The third-order valence-corrected chi connectivity index (χ3v) is 4.24. The van der Waals surface area contributed by atoms with Crippen molar-refractivity contribution in [2.24, 2.45) is 0 Å². The van der Waals surface area contributed by atoms with Crippen LogP contribution in [0.1, 0.15) is 17.7 Å². The fourth-order valence-electron chi connectivity index (χ4n) is 3.02.